The van der Waals surface area contributed by atoms with E-state index in [0.29, 0.717) is 5.13 Å². The summed E-state index contributed by atoms with van der Waals surface area (Å²) in [5, 5.41) is 0.695. The van der Waals surface area contributed by atoms with E-state index in [0.717, 1.165) is 12.8 Å². The molecule has 0 aromatic carbocycles. The van der Waals surface area contributed by atoms with E-state index < -0.39 is 0 Å². The van der Waals surface area contributed by atoms with E-state index >= 15 is 0 Å². The third-order valence-electron chi connectivity index (χ3n) is 1.88. The normalized spacial score (nSPS) is 15.9. The first-order chi connectivity index (χ1) is 5.25. The molecule has 0 unspecified atom stereocenters. The predicted octanol–water partition coefficient (Wildman–Crippen LogP) is 2.07. The van der Waals surface area contributed by atoms with Gasteiger partial charge in [-0.3, -0.25) is 0 Å². The first-order valence-electron chi connectivity index (χ1n) is 3.68. The molecule has 2 rings (SSSR count). The maximum atomic E-state index is 5.58. The van der Waals surface area contributed by atoms with Gasteiger partial charge in [0, 0.05) is 0 Å². The Balaban J connectivity index is 2.50. The molecule has 1 aliphatic carbocycles. The van der Waals surface area contributed by atoms with Gasteiger partial charge in [0.25, 0.3) is 0 Å². The lowest BCUT2D eigenvalue weighted by molar-refractivity contribution is 0.900. The Bertz CT molecular complexity index is 312. The Labute approximate surface area is 69.8 Å². The van der Waals surface area contributed by atoms with Crippen molar-refractivity contribution in [1.82, 2.24) is 4.98 Å². The number of thiazole rings is 1. The number of aromatic nitrogens is 1. The van der Waals surface area contributed by atoms with E-state index in [1.54, 1.807) is 11.3 Å². The highest BCUT2D eigenvalue weighted by Crippen LogP contribution is 2.29. The second-order valence-corrected chi connectivity index (χ2v) is 3.92. The molecule has 2 nitrogen and oxygen atoms in total. The summed E-state index contributed by atoms with van der Waals surface area (Å²) in [5.41, 5.74) is 8.19. The fourth-order valence-corrected chi connectivity index (χ4v) is 2.19. The molecule has 0 saturated heterocycles. The molecule has 58 valence electrons. The van der Waals surface area contributed by atoms with Crippen LogP contribution in [0.4, 0.5) is 5.13 Å². The van der Waals surface area contributed by atoms with Crippen LogP contribution in [-0.4, -0.2) is 4.98 Å². The summed E-state index contributed by atoms with van der Waals surface area (Å²) < 4.78 is 0. The number of fused-ring (bicyclic) bond motifs is 1. The fourth-order valence-electron chi connectivity index (χ4n) is 1.29. The Morgan fingerprint density at radius 1 is 1.55 bits per heavy atom. The molecule has 1 aromatic rings. The van der Waals surface area contributed by atoms with Crippen molar-refractivity contribution in [3.63, 3.8) is 0 Å². The van der Waals surface area contributed by atoms with Crippen LogP contribution in [0.25, 0.3) is 6.08 Å². The van der Waals surface area contributed by atoms with Crippen molar-refractivity contribution in [2.24, 2.45) is 0 Å². The highest BCUT2D eigenvalue weighted by atomic mass is 32.1. The van der Waals surface area contributed by atoms with Crippen LogP contribution in [0.2, 0.25) is 0 Å². The van der Waals surface area contributed by atoms with Crippen molar-refractivity contribution in [2.45, 2.75) is 19.8 Å². The molecule has 2 N–H and O–H groups in total. The zero-order valence-electron chi connectivity index (χ0n) is 6.42. The highest BCUT2D eigenvalue weighted by Gasteiger charge is 2.11. The highest BCUT2D eigenvalue weighted by molar-refractivity contribution is 7.16. The summed E-state index contributed by atoms with van der Waals surface area (Å²) >= 11 is 1.58. The van der Waals surface area contributed by atoms with Gasteiger partial charge in [0.05, 0.1) is 10.6 Å². The quantitative estimate of drug-likeness (QED) is 0.640. The van der Waals surface area contributed by atoms with Crippen LogP contribution in [0.15, 0.2) is 5.57 Å². The van der Waals surface area contributed by atoms with Crippen molar-refractivity contribution >= 4 is 22.5 Å². The summed E-state index contributed by atoms with van der Waals surface area (Å²) in [7, 11) is 0. The fraction of sp³-hybridized carbons (Fsp3) is 0.375. The Morgan fingerprint density at radius 3 is 3.18 bits per heavy atom. The second kappa shape index (κ2) is 2.34. The Kier molecular flexibility index (Phi) is 1.46. The number of anilines is 1. The number of hydrogen-bond acceptors (Lipinski definition) is 3. The lowest BCUT2D eigenvalue weighted by atomic mass is 10.0. The molecule has 0 radical (unpaired) electrons. The average molecular weight is 166 g/mol. The summed E-state index contributed by atoms with van der Waals surface area (Å²) in [6, 6.07) is 0. The Hall–Kier alpha value is -0.830. The molecule has 0 spiro atoms. The molecule has 0 aliphatic heterocycles. The van der Waals surface area contributed by atoms with Crippen molar-refractivity contribution in [2.75, 3.05) is 5.73 Å². The largest absolute Gasteiger partial charge is 0.375 e. The van der Waals surface area contributed by atoms with E-state index in [1.807, 2.05) is 0 Å². The molecule has 0 atom stereocenters. The SMILES string of the molecule is CC1=Cc2sc(N)nc2CC1. The zero-order valence-corrected chi connectivity index (χ0v) is 7.24. The van der Waals surface area contributed by atoms with Crippen LogP contribution >= 0.6 is 11.3 Å². The van der Waals surface area contributed by atoms with Crippen molar-refractivity contribution in [3.05, 3.63) is 16.1 Å². The first kappa shape index (κ1) is 6.85. The van der Waals surface area contributed by atoms with Crippen molar-refractivity contribution in [1.29, 1.82) is 0 Å². The number of allylic oxidation sites excluding steroid dienone is 1. The molecule has 1 aromatic heterocycles. The summed E-state index contributed by atoms with van der Waals surface area (Å²) in [6.45, 7) is 2.15. The van der Waals surface area contributed by atoms with E-state index in [-0.39, 0.29) is 0 Å². The summed E-state index contributed by atoms with van der Waals surface area (Å²) in [4.78, 5) is 5.49. The van der Waals surface area contributed by atoms with Gasteiger partial charge in [-0.25, -0.2) is 4.98 Å². The minimum Gasteiger partial charge on any atom is -0.375 e. The van der Waals surface area contributed by atoms with Crippen LogP contribution in [0.3, 0.4) is 0 Å². The van der Waals surface area contributed by atoms with Gasteiger partial charge in [0.1, 0.15) is 0 Å². The maximum absolute atomic E-state index is 5.58. The number of nitrogen functional groups attached to an aromatic ring is 1. The lowest BCUT2D eigenvalue weighted by Crippen LogP contribution is -1.95. The number of nitrogens with two attached hydrogens (primary N) is 1. The van der Waals surface area contributed by atoms with Crippen LogP contribution in [0.1, 0.15) is 23.9 Å². The molecule has 11 heavy (non-hydrogen) atoms. The molecule has 3 heteroatoms. The molecule has 0 saturated carbocycles. The van der Waals surface area contributed by atoms with Gasteiger partial charge in [0.15, 0.2) is 5.13 Å². The molecule has 0 bridgehead atoms. The zero-order chi connectivity index (χ0) is 7.84. The van der Waals surface area contributed by atoms with E-state index in [9.17, 15) is 0 Å². The minimum atomic E-state index is 0.695. The number of rotatable bonds is 0. The average Bonchev–Trinajstić information content (AvgIpc) is 2.27. The maximum Gasteiger partial charge on any atom is 0.180 e. The smallest absolute Gasteiger partial charge is 0.180 e. The lowest BCUT2D eigenvalue weighted by Gasteiger charge is -2.06. The standard InChI is InChI=1S/C8H10N2S/c1-5-2-3-6-7(4-5)11-8(9)10-6/h4H,2-3H2,1H3,(H2,9,10). The van der Waals surface area contributed by atoms with Gasteiger partial charge >= 0.3 is 0 Å². The van der Waals surface area contributed by atoms with E-state index in [1.165, 1.54) is 16.1 Å². The predicted molar refractivity (Wildman–Crippen MR) is 48.5 cm³/mol. The molecular formula is C8H10N2S. The third-order valence-corrected chi connectivity index (χ3v) is 2.75. The van der Waals surface area contributed by atoms with Gasteiger partial charge < -0.3 is 5.73 Å². The summed E-state index contributed by atoms with van der Waals surface area (Å²) in [5.74, 6) is 0. The molecule has 0 amide bonds. The van der Waals surface area contributed by atoms with E-state index in [2.05, 4.69) is 18.0 Å². The minimum absolute atomic E-state index is 0.695. The van der Waals surface area contributed by atoms with Crippen LogP contribution in [0, 0.1) is 0 Å². The van der Waals surface area contributed by atoms with Crippen LogP contribution in [-0.2, 0) is 6.42 Å². The molecular weight excluding hydrogens is 156 g/mol. The second-order valence-electron chi connectivity index (χ2n) is 2.85. The van der Waals surface area contributed by atoms with E-state index in [4.69, 9.17) is 5.73 Å². The molecule has 1 heterocycles. The van der Waals surface area contributed by atoms with Gasteiger partial charge in [0.2, 0.25) is 0 Å². The van der Waals surface area contributed by atoms with Crippen molar-refractivity contribution in [3.8, 4) is 0 Å². The molecule has 1 aliphatic rings. The van der Waals surface area contributed by atoms with Crippen LogP contribution < -0.4 is 5.73 Å². The number of hydrogen-bond donors (Lipinski definition) is 1. The van der Waals surface area contributed by atoms with Crippen LogP contribution in [0.5, 0.6) is 0 Å². The third kappa shape index (κ3) is 1.16. The summed E-state index contributed by atoms with van der Waals surface area (Å²) in [6.07, 6.45) is 4.38. The van der Waals surface area contributed by atoms with Gasteiger partial charge in [-0.2, -0.15) is 0 Å². The molecule has 0 fully saturated rings. The monoisotopic (exact) mass is 166 g/mol. The van der Waals surface area contributed by atoms with Crippen molar-refractivity contribution < 1.29 is 0 Å². The van der Waals surface area contributed by atoms with Gasteiger partial charge in [-0.15, -0.1) is 0 Å². The first-order valence-corrected chi connectivity index (χ1v) is 4.50. The van der Waals surface area contributed by atoms with Gasteiger partial charge in [-0.1, -0.05) is 16.9 Å². The van der Waals surface area contributed by atoms with Gasteiger partial charge in [-0.05, 0) is 25.8 Å². The number of aryl methyl sites for hydroxylation is 1. The topological polar surface area (TPSA) is 38.9 Å². The number of nitrogens with zero attached hydrogens (tertiary/aromatic N) is 1. The Morgan fingerprint density at radius 2 is 2.36 bits per heavy atom.